The SMILES string of the molecule is O=C(CCSc1ccc(Cl)cc1)Nc1ccc(F)c([N+](=O)[O-])c1. The predicted molar refractivity (Wildman–Crippen MR) is 88.5 cm³/mol. The van der Waals surface area contributed by atoms with Crippen molar-refractivity contribution >= 4 is 40.6 Å². The average Bonchev–Trinajstić information content (AvgIpc) is 2.51. The molecule has 0 saturated heterocycles. The highest BCUT2D eigenvalue weighted by atomic mass is 35.5. The summed E-state index contributed by atoms with van der Waals surface area (Å²) in [7, 11) is 0. The summed E-state index contributed by atoms with van der Waals surface area (Å²) < 4.78 is 13.2. The van der Waals surface area contributed by atoms with Crippen LogP contribution in [0.25, 0.3) is 0 Å². The lowest BCUT2D eigenvalue weighted by Crippen LogP contribution is -2.12. The molecule has 0 radical (unpaired) electrons. The maximum Gasteiger partial charge on any atom is 0.306 e. The highest BCUT2D eigenvalue weighted by molar-refractivity contribution is 7.99. The van der Waals surface area contributed by atoms with Gasteiger partial charge in [-0.3, -0.25) is 14.9 Å². The van der Waals surface area contributed by atoms with Gasteiger partial charge in [-0.2, -0.15) is 4.39 Å². The van der Waals surface area contributed by atoms with E-state index in [1.807, 2.05) is 12.1 Å². The Hall–Kier alpha value is -2.12. The molecule has 0 spiro atoms. The number of hydrogen-bond acceptors (Lipinski definition) is 4. The Labute approximate surface area is 141 Å². The van der Waals surface area contributed by atoms with Crippen LogP contribution in [0.5, 0.6) is 0 Å². The van der Waals surface area contributed by atoms with Gasteiger partial charge in [0.25, 0.3) is 0 Å². The van der Waals surface area contributed by atoms with Crippen LogP contribution in [0, 0.1) is 15.9 Å². The standard InChI is InChI=1S/C15H12ClFN2O3S/c16-10-1-4-12(5-2-10)23-8-7-15(20)18-11-3-6-13(17)14(9-11)19(21)22/h1-6,9H,7-8H2,(H,18,20). The number of hydrogen-bond donors (Lipinski definition) is 1. The lowest BCUT2D eigenvalue weighted by molar-refractivity contribution is -0.387. The van der Waals surface area contributed by atoms with Crippen molar-refractivity contribution in [3.05, 3.63) is 63.4 Å². The zero-order chi connectivity index (χ0) is 16.8. The molecule has 0 bridgehead atoms. The fourth-order valence-electron chi connectivity index (χ4n) is 1.75. The third-order valence-corrected chi connectivity index (χ3v) is 4.10. The van der Waals surface area contributed by atoms with Gasteiger partial charge in [0.1, 0.15) is 0 Å². The lowest BCUT2D eigenvalue weighted by atomic mass is 10.2. The number of benzene rings is 2. The summed E-state index contributed by atoms with van der Waals surface area (Å²) in [6, 6.07) is 10.5. The number of thioether (sulfide) groups is 1. The number of amides is 1. The van der Waals surface area contributed by atoms with E-state index in [1.54, 1.807) is 12.1 Å². The van der Waals surface area contributed by atoms with Gasteiger partial charge in [0.05, 0.1) is 4.92 Å². The number of halogens is 2. The average molecular weight is 355 g/mol. The molecule has 1 amide bonds. The molecule has 0 saturated carbocycles. The molecule has 0 aliphatic heterocycles. The molecule has 2 aromatic carbocycles. The van der Waals surface area contributed by atoms with Crippen molar-refractivity contribution in [2.75, 3.05) is 11.1 Å². The first-order chi connectivity index (χ1) is 11.0. The normalized spacial score (nSPS) is 10.3. The first kappa shape index (κ1) is 17.2. The number of rotatable bonds is 6. The summed E-state index contributed by atoms with van der Waals surface area (Å²) in [5, 5.41) is 13.8. The predicted octanol–water partition coefficient (Wildman–Crippen LogP) is 4.51. The Kier molecular flexibility index (Phi) is 5.95. The maximum atomic E-state index is 13.2. The largest absolute Gasteiger partial charge is 0.326 e. The van der Waals surface area contributed by atoms with Crippen LogP contribution in [0.15, 0.2) is 47.4 Å². The van der Waals surface area contributed by atoms with Gasteiger partial charge < -0.3 is 5.32 Å². The van der Waals surface area contributed by atoms with Crippen LogP contribution >= 0.6 is 23.4 Å². The topological polar surface area (TPSA) is 72.2 Å². The highest BCUT2D eigenvalue weighted by Crippen LogP contribution is 2.23. The summed E-state index contributed by atoms with van der Waals surface area (Å²) in [6.45, 7) is 0. The summed E-state index contributed by atoms with van der Waals surface area (Å²) >= 11 is 7.28. The molecule has 120 valence electrons. The van der Waals surface area contributed by atoms with Gasteiger partial charge in [-0.1, -0.05) is 11.6 Å². The Balaban J connectivity index is 1.86. The minimum absolute atomic E-state index is 0.194. The molecule has 2 rings (SSSR count). The minimum atomic E-state index is -0.939. The molecule has 5 nitrogen and oxygen atoms in total. The van der Waals surface area contributed by atoms with E-state index in [0.717, 1.165) is 17.0 Å². The van der Waals surface area contributed by atoms with Crippen molar-refractivity contribution in [3.8, 4) is 0 Å². The molecule has 0 atom stereocenters. The van der Waals surface area contributed by atoms with Gasteiger partial charge in [-0.05, 0) is 36.4 Å². The molecule has 0 heterocycles. The molecule has 2 aromatic rings. The third kappa shape index (κ3) is 5.22. The van der Waals surface area contributed by atoms with Crippen LogP contribution in [0.1, 0.15) is 6.42 Å². The van der Waals surface area contributed by atoms with Crippen molar-refractivity contribution in [1.82, 2.24) is 0 Å². The van der Waals surface area contributed by atoms with Crippen molar-refractivity contribution < 1.29 is 14.1 Å². The van der Waals surface area contributed by atoms with E-state index in [-0.39, 0.29) is 18.0 Å². The van der Waals surface area contributed by atoms with Gasteiger partial charge >= 0.3 is 5.69 Å². The molecule has 0 fully saturated rings. The first-order valence-corrected chi connectivity index (χ1v) is 7.94. The lowest BCUT2D eigenvalue weighted by Gasteiger charge is -2.05. The van der Waals surface area contributed by atoms with Crippen LogP contribution in [0.4, 0.5) is 15.8 Å². The second-order valence-electron chi connectivity index (χ2n) is 4.52. The van der Waals surface area contributed by atoms with E-state index < -0.39 is 16.4 Å². The minimum Gasteiger partial charge on any atom is -0.326 e. The summed E-state index contributed by atoms with van der Waals surface area (Å²) in [4.78, 5) is 22.6. The van der Waals surface area contributed by atoms with Crippen molar-refractivity contribution in [2.24, 2.45) is 0 Å². The molecular weight excluding hydrogens is 343 g/mol. The molecule has 1 N–H and O–H groups in total. The van der Waals surface area contributed by atoms with Gasteiger partial charge in [0.2, 0.25) is 11.7 Å². The van der Waals surface area contributed by atoms with Crippen LogP contribution in [0.2, 0.25) is 5.02 Å². The zero-order valence-corrected chi connectivity index (χ0v) is 13.4. The number of anilines is 1. The van der Waals surface area contributed by atoms with Crippen LogP contribution < -0.4 is 5.32 Å². The quantitative estimate of drug-likeness (QED) is 0.470. The Bertz CT molecular complexity index is 725. The van der Waals surface area contributed by atoms with Gasteiger partial charge in [-0.15, -0.1) is 11.8 Å². The fraction of sp³-hybridized carbons (Fsp3) is 0.133. The van der Waals surface area contributed by atoms with Crippen molar-refractivity contribution in [1.29, 1.82) is 0 Å². The first-order valence-electron chi connectivity index (χ1n) is 6.58. The second-order valence-corrected chi connectivity index (χ2v) is 6.13. The monoisotopic (exact) mass is 354 g/mol. The van der Waals surface area contributed by atoms with E-state index in [4.69, 9.17) is 11.6 Å². The maximum absolute atomic E-state index is 13.2. The van der Waals surface area contributed by atoms with E-state index in [0.29, 0.717) is 10.8 Å². The fourth-order valence-corrected chi connectivity index (χ4v) is 2.72. The molecule has 0 aliphatic rings. The Morgan fingerprint density at radius 3 is 2.61 bits per heavy atom. The number of nitrogens with zero attached hydrogens (tertiary/aromatic N) is 1. The van der Waals surface area contributed by atoms with E-state index in [1.165, 1.54) is 17.8 Å². The third-order valence-electron chi connectivity index (χ3n) is 2.84. The second kappa shape index (κ2) is 7.94. The smallest absolute Gasteiger partial charge is 0.306 e. The Morgan fingerprint density at radius 1 is 1.26 bits per heavy atom. The highest BCUT2D eigenvalue weighted by Gasteiger charge is 2.15. The Morgan fingerprint density at radius 2 is 1.96 bits per heavy atom. The van der Waals surface area contributed by atoms with Crippen molar-refractivity contribution in [2.45, 2.75) is 11.3 Å². The number of carbonyl (C=O) groups is 1. The van der Waals surface area contributed by atoms with Gasteiger partial charge in [0.15, 0.2) is 0 Å². The summed E-state index contributed by atoms with van der Waals surface area (Å²) in [5.41, 5.74) is -0.474. The van der Waals surface area contributed by atoms with Gasteiger partial charge in [0, 0.05) is 33.8 Å². The molecule has 0 aliphatic carbocycles. The van der Waals surface area contributed by atoms with Gasteiger partial charge in [-0.25, -0.2) is 0 Å². The summed E-state index contributed by atoms with van der Waals surface area (Å²) in [5.74, 6) is -0.699. The number of carbonyl (C=O) groups excluding carboxylic acids is 1. The molecule has 0 unspecified atom stereocenters. The molecule has 8 heteroatoms. The van der Waals surface area contributed by atoms with Crippen LogP contribution in [-0.2, 0) is 4.79 Å². The van der Waals surface area contributed by atoms with Crippen LogP contribution in [0.3, 0.4) is 0 Å². The zero-order valence-electron chi connectivity index (χ0n) is 11.8. The molecule has 0 aromatic heterocycles. The van der Waals surface area contributed by atoms with E-state index >= 15 is 0 Å². The van der Waals surface area contributed by atoms with E-state index in [2.05, 4.69) is 5.32 Å². The number of nitrogens with one attached hydrogen (secondary N) is 1. The summed E-state index contributed by atoms with van der Waals surface area (Å²) in [6.07, 6.45) is 0.221. The molecular formula is C15H12ClFN2O3S. The molecule has 23 heavy (non-hydrogen) atoms. The van der Waals surface area contributed by atoms with Crippen LogP contribution in [-0.4, -0.2) is 16.6 Å². The number of nitro benzene ring substituents is 1. The number of nitro groups is 1. The van der Waals surface area contributed by atoms with E-state index in [9.17, 15) is 19.3 Å². The van der Waals surface area contributed by atoms with Crippen molar-refractivity contribution in [3.63, 3.8) is 0 Å².